The quantitative estimate of drug-likeness (QED) is 0.703. The number of carbonyl (C=O) groups excluding carboxylic acids is 1. The van der Waals surface area contributed by atoms with Crippen molar-refractivity contribution in [3.63, 3.8) is 0 Å². The van der Waals surface area contributed by atoms with Gasteiger partial charge in [0.2, 0.25) is 10.0 Å². The van der Waals surface area contributed by atoms with E-state index in [1.54, 1.807) is 0 Å². The molecule has 0 amide bonds. The third kappa shape index (κ3) is 3.93. The molecular weight excluding hydrogens is 256 g/mol. The lowest BCUT2D eigenvalue weighted by Gasteiger charge is -2.35. The molecule has 0 bridgehead atoms. The molecule has 0 aromatic heterocycles. The number of carbonyl (C=O) groups is 1. The molecule has 0 aliphatic carbocycles. The van der Waals surface area contributed by atoms with Crippen molar-refractivity contribution in [2.45, 2.75) is 19.8 Å². The summed E-state index contributed by atoms with van der Waals surface area (Å²) in [5.74, 6) is -0.0428. The van der Waals surface area contributed by atoms with Crippen molar-refractivity contribution in [1.82, 2.24) is 4.31 Å². The lowest BCUT2D eigenvalue weighted by molar-refractivity contribution is -0.140. The Morgan fingerprint density at radius 1 is 1.50 bits per heavy atom. The standard InChI is InChI=1S/C11H22N2O4S/c1-9-3-5-13(8-10(9)7-12)18(15,16)6-4-11(14)17-2/h9-10H,3-8,12H2,1-2H3. The van der Waals surface area contributed by atoms with Crippen molar-refractivity contribution in [3.05, 3.63) is 0 Å². The minimum Gasteiger partial charge on any atom is -0.469 e. The highest BCUT2D eigenvalue weighted by molar-refractivity contribution is 7.89. The topological polar surface area (TPSA) is 89.7 Å². The highest BCUT2D eigenvalue weighted by Crippen LogP contribution is 2.24. The maximum absolute atomic E-state index is 12.1. The van der Waals surface area contributed by atoms with Gasteiger partial charge in [-0.05, 0) is 24.8 Å². The number of nitrogens with zero attached hydrogens (tertiary/aromatic N) is 1. The fraction of sp³-hybridized carbons (Fsp3) is 0.909. The summed E-state index contributed by atoms with van der Waals surface area (Å²) in [6.07, 6.45) is 0.720. The second kappa shape index (κ2) is 6.49. The van der Waals surface area contributed by atoms with Crippen LogP contribution in [0.15, 0.2) is 0 Å². The van der Waals surface area contributed by atoms with Crippen molar-refractivity contribution >= 4 is 16.0 Å². The summed E-state index contributed by atoms with van der Waals surface area (Å²) in [6.45, 7) is 3.56. The van der Waals surface area contributed by atoms with E-state index in [2.05, 4.69) is 11.7 Å². The molecule has 0 aromatic rings. The fourth-order valence-corrected chi connectivity index (χ4v) is 3.60. The molecule has 2 unspecified atom stereocenters. The zero-order valence-corrected chi connectivity index (χ0v) is 11.8. The Labute approximate surface area is 109 Å². The van der Waals surface area contributed by atoms with Gasteiger partial charge in [0.25, 0.3) is 0 Å². The summed E-state index contributed by atoms with van der Waals surface area (Å²) in [5.41, 5.74) is 5.65. The summed E-state index contributed by atoms with van der Waals surface area (Å²) in [5, 5.41) is 0. The molecule has 2 N–H and O–H groups in total. The number of hydrogen-bond acceptors (Lipinski definition) is 5. The van der Waals surface area contributed by atoms with Crippen molar-refractivity contribution in [1.29, 1.82) is 0 Å². The minimum absolute atomic E-state index is 0.0990. The summed E-state index contributed by atoms with van der Waals surface area (Å²) in [6, 6.07) is 0. The third-order valence-corrected chi connectivity index (χ3v) is 5.40. The van der Waals surface area contributed by atoms with Gasteiger partial charge >= 0.3 is 5.97 Å². The molecule has 106 valence electrons. The SMILES string of the molecule is COC(=O)CCS(=O)(=O)N1CCC(C)C(CN)C1. The molecule has 0 radical (unpaired) electrons. The van der Waals surface area contributed by atoms with Crippen LogP contribution in [-0.2, 0) is 19.6 Å². The van der Waals surface area contributed by atoms with Crippen LogP contribution in [0.25, 0.3) is 0 Å². The number of sulfonamides is 1. The van der Waals surface area contributed by atoms with Crippen molar-refractivity contribution < 1.29 is 17.9 Å². The van der Waals surface area contributed by atoms with Gasteiger partial charge in [-0.2, -0.15) is 0 Å². The maximum atomic E-state index is 12.1. The second-order valence-electron chi connectivity index (χ2n) is 4.76. The van der Waals surface area contributed by atoms with Gasteiger partial charge in [0, 0.05) is 13.1 Å². The lowest BCUT2D eigenvalue weighted by Crippen LogP contribution is -2.46. The molecule has 18 heavy (non-hydrogen) atoms. The molecule has 0 saturated carbocycles. The van der Waals surface area contributed by atoms with Gasteiger partial charge in [-0.25, -0.2) is 12.7 Å². The zero-order valence-electron chi connectivity index (χ0n) is 11.0. The van der Waals surface area contributed by atoms with Gasteiger partial charge in [0.05, 0.1) is 19.3 Å². The Bertz CT molecular complexity index is 383. The van der Waals surface area contributed by atoms with Crippen LogP contribution >= 0.6 is 0 Å². The molecule has 1 fully saturated rings. The van der Waals surface area contributed by atoms with E-state index in [9.17, 15) is 13.2 Å². The number of nitrogens with two attached hydrogens (primary N) is 1. The predicted octanol–water partition coefficient (Wildman–Crippen LogP) is -0.204. The number of piperidine rings is 1. The van der Waals surface area contributed by atoms with Crippen LogP contribution in [0.5, 0.6) is 0 Å². The van der Waals surface area contributed by atoms with Crippen molar-refractivity contribution in [2.75, 3.05) is 32.5 Å². The van der Waals surface area contributed by atoms with Crippen LogP contribution in [0.4, 0.5) is 0 Å². The van der Waals surface area contributed by atoms with E-state index in [0.717, 1.165) is 6.42 Å². The first-order chi connectivity index (χ1) is 8.40. The van der Waals surface area contributed by atoms with Crippen LogP contribution in [0.3, 0.4) is 0 Å². The van der Waals surface area contributed by atoms with E-state index < -0.39 is 16.0 Å². The molecule has 0 spiro atoms. The number of ether oxygens (including phenoxy) is 1. The van der Waals surface area contributed by atoms with Gasteiger partial charge in [-0.1, -0.05) is 6.92 Å². The number of hydrogen-bond donors (Lipinski definition) is 1. The normalized spacial score (nSPS) is 25.9. The van der Waals surface area contributed by atoms with Crippen molar-refractivity contribution in [3.8, 4) is 0 Å². The molecule has 1 saturated heterocycles. The molecule has 0 aromatic carbocycles. The Balaban J connectivity index is 2.60. The zero-order chi connectivity index (χ0) is 13.8. The maximum Gasteiger partial charge on any atom is 0.306 e. The van der Waals surface area contributed by atoms with Crippen LogP contribution in [0.2, 0.25) is 0 Å². The average molecular weight is 278 g/mol. The Hall–Kier alpha value is -0.660. The van der Waals surface area contributed by atoms with Gasteiger partial charge in [0.1, 0.15) is 0 Å². The monoisotopic (exact) mass is 278 g/mol. The van der Waals surface area contributed by atoms with E-state index in [4.69, 9.17) is 5.73 Å². The van der Waals surface area contributed by atoms with E-state index in [-0.39, 0.29) is 18.1 Å². The third-order valence-electron chi connectivity index (χ3n) is 3.56. The van der Waals surface area contributed by atoms with Crippen molar-refractivity contribution in [2.24, 2.45) is 17.6 Å². The predicted molar refractivity (Wildman–Crippen MR) is 68.3 cm³/mol. The van der Waals surface area contributed by atoms with Gasteiger partial charge in [0.15, 0.2) is 0 Å². The molecule has 6 nitrogen and oxygen atoms in total. The highest BCUT2D eigenvalue weighted by Gasteiger charge is 2.32. The summed E-state index contributed by atoms with van der Waals surface area (Å²) in [4.78, 5) is 11.0. The Kier molecular flexibility index (Phi) is 5.55. The molecular formula is C11H22N2O4S. The van der Waals surface area contributed by atoms with Crippen LogP contribution < -0.4 is 5.73 Å². The van der Waals surface area contributed by atoms with Crippen LogP contribution in [0, 0.1) is 11.8 Å². The first-order valence-electron chi connectivity index (χ1n) is 6.15. The van der Waals surface area contributed by atoms with Crippen LogP contribution in [-0.4, -0.2) is 51.2 Å². The summed E-state index contributed by atoms with van der Waals surface area (Å²) < 4.78 is 30.0. The second-order valence-corrected chi connectivity index (χ2v) is 6.85. The van der Waals surface area contributed by atoms with Gasteiger partial charge in [-0.3, -0.25) is 4.79 Å². The van der Waals surface area contributed by atoms with E-state index >= 15 is 0 Å². The summed E-state index contributed by atoms with van der Waals surface area (Å²) >= 11 is 0. The van der Waals surface area contributed by atoms with E-state index in [0.29, 0.717) is 25.6 Å². The minimum atomic E-state index is -3.38. The number of esters is 1. The fourth-order valence-electron chi connectivity index (χ4n) is 2.12. The molecule has 2 atom stereocenters. The average Bonchev–Trinajstić information content (AvgIpc) is 2.36. The summed E-state index contributed by atoms with van der Waals surface area (Å²) in [7, 11) is -2.13. The molecule has 1 heterocycles. The Morgan fingerprint density at radius 3 is 2.72 bits per heavy atom. The van der Waals surface area contributed by atoms with Crippen LogP contribution in [0.1, 0.15) is 19.8 Å². The lowest BCUT2D eigenvalue weighted by atomic mass is 9.88. The number of rotatable bonds is 5. The molecule has 1 aliphatic rings. The Morgan fingerprint density at radius 2 is 2.17 bits per heavy atom. The van der Waals surface area contributed by atoms with Gasteiger partial charge in [-0.15, -0.1) is 0 Å². The number of methoxy groups -OCH3 is 1. The van der Waals surface area contributed by atoms with E-state index in [1.165, 1.54) is 11.4 Å². The highest BCUT2D eigenvalue weighted by atomic mass is 32.2. The first kappa shape index (κ1) is 15.4. The van der Waals surface area contributed by atoms with E-state index in [1.807, 2.05) is 0 Å². The molecule has 1 aliphatic heterocycles. The van der Waals surface area contributed by atoms with Gasteiger partial charge < -0.3 is 10.5 Å². The largest absolute Gasteiger partial charge is 0.469 e. The molecule has 7 heteroatoms. The first-order valence-corrected chi connectivity index (χ1v) is 7.76. The smallest absolute Gasteiger partial charge is 0.306 e. The molecule has 1 rings (SSSR count).